The van der Waals surface area contributed by atoms with Gasteiger partial charge in [0.15, 0.2) is 17.7 Å². The number of nitrogens with one attached hydrogen (secondary N) is 2. The molecule has 1 fully saturated rings. The Labute approximate surface area is 429 Å². The number of unbranched alkanes of at least 4 members (excludes halogenated alkanes) is 4. The topological polar surface area (TPSA) is 390 Å². The number of hydrogen-bond acceptors (Lipinski definition) is 19. The Morgan fingerprint density at radius 1 is 0.865 bits per heavy atom. The minimum atomic E-state index is -5.60. The standard InChI is InChI=1S/C45H72N7O19P3/c1-43(2,20-11-7-9-14-30-16-13-17-31(24-30)15-10-8-12-21-45(5,6)66-29-53)33(54)18-22-47-34(55)19-23-48-41(58)38(57)44(3,4)26-68-74(64,65)71-73(62,63)67-25-32-37(70-72(59,60)61)36(56)42(69-32)52-28-51-35-39(46)49-27-50-40(35)52/h13,16-17,24,27-29,32,36-38,42,56-57H,7-12,14-15,18-23,25-26H2,1-6H3,(H,47,55)(H,48,58)(H,62,63)(H,64,65)(H2,46,49,50)(H2,59,60,61). The van der Waals surface area contributed by atoms with Crippen LogP contribution in [0.3, 0.4) is 0 Å². The van der Waals surface area contributed by atoms with Crippen molar-refractivity contribution in [3.05, 3.63) is 48.0 Å². The summed E-state index contributed by atoms with van der Waals surface area (Å²) in [5.41, 5.74) is 5.81. The number of carbonyl (C=O) groups excluding carboxylic acids is 4. The number of aliphatic hydroxyl groups excluding tert-OH is 2. The highest BCUT2D eigenvalue weighted by Crippen LogP contribution is 2.61. The second-order valence-corrected chi connectivity index (χ2v) is 24.3. The molecule has 0 radical (unpaired) electrons. The van der Waals surface area contributed by atoms with Crippen molar-refractivity contribution in [2.75, 3.05) is 32.0 Å². The van der Waals surface area contributed by atoms with E-state index in [2.05, 4.69) is 58.7 Å². The van der Waals surface area contributed by atoms with Crippen molar-refractivity contribution in [3.63, 3.8) is 0 Å². The van der Waals surface area contributed by atoms with Crippen molar-refractivity contribution >= 4 is 64.5 Å². The lowest BCUT2D eigenvalue weighted by atomic mass is 9.81. The number of aromatic nitrogens is 4. The van der Waals surface area contributed by atoms with Gasteiger partial charge in [-0.1, -0.05) is 71.2 Å². The van der Waals surface area contributed by atoms with E-state index in [-0.39, 0.29) is 48.7 Å². The number of anilines is 1. The van der Waals surface area contributed by atoms with Crippen molar-refractivity contribution in [1.29, 1.82) is 0 Å². The van der Waals surface area contributed by atoms with Gasteiger partial charge in [0.1, 0.15) is 47.6 Å². The molecule has 10 N–H and O–H groups in total. The maximum atomic E-state index is 13.1. The molecule has 3 aromatic rings. The lowest BCUT2D eigenvalue weighted by Gasteiger charge is -2.30. The van der Waals surface area contributed by atoms with Crippen LogP contribution >= 0.6 is 23.5 Å². The van der Waals surface area contributed by atoms with Gasteiger partial charge in [-0.05, 0) is 69.9 Å². The molecule has 0 aliphatic carbocycles. The van der Waals surface area contributed by atoms with Gasteiger partial charge >= 0.3 is 23.5 Å². The molecule has 2 amide bonds. The van der Waals surface area contributed by atoms with Gasteiger partial charge in [-0.2, -0.15) is 4.31 Å². The number of fused-ring (bicyclic) bond motifs is 1. The number of amides is 2. The van der Waals surface area contributed by atoms with Gasteiger partial charge in [-0.3, -0.25) is 37.3 Å². The lowest BCUT2D eigenvalue weighted by molar-refractivity contribution is -0.141. The van der Waals surface area contributed by atoms with E-state index in [0.29, 0.717) is 12.9 Å². The predicted octanol–water partition coefficient (Wildman–Crippen LogP) is 4.25. The normalized spacial score (nSPS) is 19.6. The number of phosphoric acid groups is 3. The molecule has 2 aromatic heterocycles. The minimum absolute atomic E-state index is 0.000348. The maximum absolute atomic E-state index is 13.1. The van der Waals surface area contributed by atoms with Gasteiger partial charge in [-0.25, -0.2) is 28.6 Å². The SMILES string of the molecule is CC(C)(CCCCCc1cccc(CCCCCC(C)(C)C(=O)CCNC(=O)CCNC(=O)C(O)C(C)(C)COP(=O)(O)OP(=O)(O)OCC2OC(n3cnc4c(N)ncnc43)C(O)C2OP(=O)(O)O)c1)OC=O. The molecule has 7 unspecified atom stereocenters. The summed E-state index contributed by atoms with van der Waals surface area (Å²) in [6, 6.07) is 8.62. The van der Waals surface area contributed by atoms with Crippen LogP contribution in [0, 0.1) is 10.8 Å². The van der Waals surface area contributed by atoms with Crippen LogP contribution in [0.25, 0.3) is 11.2 Å². The average molecular weight is 1110 g/mol. The van der Waals surface area contributed by atoms with Crippen LogP contribution in [-0.2, 0) is 73.1 Å². The first kappa shape index (κ1) is 62.4. The number of rotatable bonds is 34. The number of phosphoric ester groups is 3. The molecule has 1 aliphatic rings. The molecule has 0 spiro atoms. The van der Waals surface area contributed by atoms with Crippen LogP contribution in [0.4, 0.5) is 5.82 Å². The second-order valence-electron chi connectivity index (χ2n) is 20.0. The third-order valence-corrected chi connectivity index (χ3v) is 15.5. The third-order valence-electron chi connectivity index (χ3n) is 12.4. The number of aryl methyl sites for hydroxylation is 2. The van der Waals surface area contributed by atoms with Gasteiger partial charge in [0.05, 0.1) is 19.5 Å². The third kappa shape index (κ3) is 20.1. The Hall–Kier alpha value is -4.10. The fourth-order valence-electron chi connectivity index (χ4n) is 7.99. The Bertz CT molecular complexity index is 2510. The second kappa shape index (κ2) is 27.3. The van der Waals surface area contributed by atoms with E-state index >= 15 is 0 Å². The first-order valence-corrected chi connectivity index (χ1v) is 28.6. The smallest absolute Gasteiger partial charge is 0.462 e. The van der Waals surface area contributed by atoms with Crippen LogP contribution in [0.15, 0.2) is 36.9 Å². The van der Waals surface area contributed by atoms with Crippen LogP contribution in [-0.4, -0.2) is 130 Å². The van der Waals surface area contributed by atoms with Crippen LogP contribution in [0.2, 0.25) is 0 Å². The van der Waals surface area contributed by atoms with Crippen LogP contribution < -0.4 is 16.4 Å². The fraction of sp³-hybridized carbons (Fsp3) is 0.667. The number of nitrogen functional groups attached to an aromatic ring is 1. The van der Waals surface area contributed by atoms with Crippen LogP contribution in [0.1, 0.15) is 123 Å². The molecule has 4 rings (SSSR count). The molecule has 1 aliphatic heterocycles. The van der Waals surface area contributed by atoms with E-state index in [1.165, 1.54) is 25.0 Å². The highest BCUT2D eigenvalue weighted by molar-refractivity contribution is 7.61. The van der Waals surface area contributed by atoms with E-state index in [1.807, 2.05) is 27.7 Å². The monoisotopic (exact) mass is 1110 g/mol. The zero-order chi connectivity index (χ0) is 55.1. The molecule has 29 heteroatoms. The molecule has 0 bridgehead atoms. The van der Waals surface area contributed by atoms with E-state index in [0.717, 1.165) is 75.0 Å². The first-order valence-electron chi connectivity index (χ1n) is 24.1. The zero-order valence-electron chi connectivity index (χ0n) is 42.4. The molecule has 26 nitrogen and oxygen atoms in total. The van der Waals surface area contributed by atoms with E-state index in [4.69, 9.17) is 24.3 Å². The number of nitrogens with two attached hydrogens (primary N) is 1. The van der Waals surface area contributed by atoms with Crippen molar-refractivity contribution in [2.45, 2.75) is 155 Å². The highest BCUT2D eigenvalue weighted by Gasteiger charge is 2.50. The van der Waals surface area contributed by atoms with Crippen molar-refractivity contribution in [3.8, 4) is 0 Å². The summed E-state index contributed by atoms with van der Waals surface area (Å²) in [4.78, 5) is 100. The Kier molecular flexibility index (Phi) is 23.0. The molecule has 1 saturated heterocycles. The van der Waals surface area contributed by atoms with Gasteiger partial charge in [0.2, 0.25) is 11.8 Å². The minimum Gasteiger partial charge on any atom is -0.462 e. The Morgan fingerprint density at radius 3 is 2.12 bits per heavy atom. The highest BCUT2D eigenvalue weighted by atomic mass is 31.3. The van der Waals surface area contributed by atoms with Crippen molar-refractivity contribution in [2.24, 2.45) is 10.8 Å². The summed E-state index contributed by atoms with van der Waals surface area (Å²) in [7, 11) is -16.5. The average Bonchev–Trinajstić information content (AvgIpc) is 3.86. The van der Waals surface area contributed by atoms with Gasteiger partial charge in [0, 0.05) is 36.8 Å². The number of ketones is 1. The number of imidazole rings is 1. The number of nitrogens with zero attached hydrogens (tertiary/aromatic N) is 4. The molecule has 1 aromatic carbocycles. The molecule has 416 valence electrons. The molecule has 0 saturated carbocycles. The summed E-state index contributed by atoms with van der Waals surface area (Å²) < 4.78 is 67.8. The summed E-state index contributed by atoms with van der Waals surface area (Å²) in [6.45, 7) is 8.44. The lowest BCUT2D eigenvalue weighted by Crippen LogP contribution is -2.46. The number of benzene rings is 1. The Morgan fingerprint density at radius 2 is 1.49 bits per heavy atom. The van der Waals surface area contributed by atoms with Gasteiger partial charge in [-0.15, -0.1) is 0 Å². The van der Waals surface area contributed by atoms with Crippen molar-refractivity contribution in [1.82, 2.24) is 30.2 Å². The zero-order valence-corrected chi connectivity index (χ0v) is 45.1. The van der Waals surface area contributed by atoms with Crippen LogP contribution in [0.5, 0.6) is 0 Å². The summed E-state index contributed by atoms with van der Waals surface area (Å²) in [6.07, 6.45) is 2.45. The number of Topliss-reactive ketones (excluding diaryl/α,β-unsaturated/α-hetero) is 1. The summed E-state index contributed by atoms with van der Waals surface area (Å²) in [5.74, 6) is -1.50. The first-order chi connectivity index (χ1) is 34.4. The molecular weight excluding hydrogens is 1040 g/mol. The molecule has 7 atom stereocenters. The summed E-state index contributed by atoms with van der Waals surface area (Å²) >= 11 is 0. The number of carbonyl (C=O) groups is 4. The number of aliphatic hydroxyl groups is 2. The Balaban J connectivity index is 1.12. The largest absolute Gasteiger partial charge is 0.481 e. The fourth-order valence-corrected chi connectivity index (χ4v) is 10.8. The summed E-state index contributed by atoms with van der Waals surface area (Å²) in [5, 5.41) is 26.7. The quantitative estimate of drug-likeness (QED) is 0.0229. The molecule has 74 heavy (non-hydrogen) atoms. The molecule has 3 heterocycles. The van der Waals surface area contributed by atoms with E-state index < -0.39 is 95.6 Å². The van der Waals surface area contributed by atoms with Gasteiger partial charge in [0.25, 0.3) is 6.47 Å². The van der Waals surface area contributed by atoms with E-state index in [9.17, 15) is 62.7 Å². The predicted molar refractivity (Wildman–Crippen MR) is 265 cm³/mol. The maximum Gasteiger partial charge on any atom is 0.481 e. The number of ether oxygens (including phenoxy) is 2. The van der Waals surface area contributed by atoms with Crippen molar-refractivity contribution < 1.29 is 90.0 Å². The van der Waals surface area contributed by atoms with E-state index in [1.54, 1.807) is 0 Å². The number of hydrogen-bond donors (Lipinski definition) is 9. The molecular formula is C45H72N7O19P3. The van der Waals surface area contributed by atoms with Gasteiger partial charge < -0.3 is 55.6 Å².